The van der Waals surface area contributed by atoms with Crippen molar-refractivity contribution in [1.29, 1.82) is 0 Å². The summed E-state index contributed by atoms with van der Waals surface area (Å²) in [4.78, 5) is 21.9. The van der Waals surface area contributed by atoms with Crippen LogP contribution in [-0.2, 0) is 11.3 Å². The van der Waals surface area contributed by atoms with E-state index in [0.29, 0.717) is 17.9 Å². The van der Waals surface area contributed by atoms with Crippen LogP contribution in [0.25, 0.3) is 10.7 Å². The van der Waals surface area contributed by atoms with Gasteiger partial charge < -0.3 is 14.9 Å². The molecule has 0 unspecified atom stereocenters. The minimum atomic E-state index is -1.01. The van der Waals surface area contributed by atoms with Gasteiger partial charge in [0.05, 0.1) is 17.1 Å². The molecule has 28 heavy (non-hydrogen) atoms. The highest BCUT2D eigenvalue weighted by molar-refractivity contribution is 7.18. The number of halogens is 1. The first-order valence-electron chi connectivity index (χ1n) is 8.81. The van der Waals surface area contributed by atoms with Gasteiger partial charge >= 0.3 is 5.97 Å². The van der Waals surface area contributed by atoms with Crippen LogP contribution in [0.5, 0.6) is 0 Å². The monoisotopic (exact) mass is 417 g/mol. The van der Waals surface area contributed by atoms with Crippen LogP contribution in [0, 0.1) is 0 Å². The van der Waals surface area contributed by atoms with Crippen molar-refractivity contribution in [1.82, 2.24) is 25.2 Å². The molecular formula is C17H16ClN7O2S. The van der Waals surface area contributed by atoms with Gasteiger partial charge in [-0.15, -0.1) is 10.2 Å². The number of carboxylic acid groups (broad SMARTS) is 1. The summed E-state index contributed by atoms with van der Waals surface area (Å²) < 4.78 is 0. The third-order valence-electron chi connectivity index (χ3n) is 5.07. The van der Waals surface area contributed by atoms with Gasteiger partial charge in [0.1, 0.15) is 0 Å². The Kier molecular flexibility index (Phi) is 4.17. The topological polar surface area (TPSA) is 100 Å². The summed E-state index contributed by atoms with van der Waals surface area (Å²) in [6, 6.07) is 8.83. The zero-order valence-electron chi connectivity index (χ0n) is 14.6. The van der Waals surface area contributed by atoms with Gasteiger partial charge in [0, 0.05) is 29.8 Å². The van der Waals surface area contributed by atoms with Gasteiger partial charge in [-0.25, -0.2) is 4.98 Å². The minimum absolute atomic E-state index is 0.312. The average Bonchev–Trinajstić information content (AvgIpc) is 3.43. The highest BCUT2D eigenvalue weighted by atomic mass is 35.5. The normalized spacial score (nSPS) is 20.9. The number of rotatable bonds is 5. The van der Waals surface area contributed by atoms with E-state index >= 15 is 0 Å². The summed E-state index contributed by atoms with van der Waals surface area (Å²) in [7, 11) is 0. The molecule has 2 aromatic heterocycles. The molecule has 1 aromatic carbocycles. The van der Waals surface area contributed by atoms with Crippen molar-refractivity contribution < 1.29 is 9.90 Å². The second kappa shape index (κ2) is 6.71. The maximum atomic E-state index is 10.8. The number of carbonyl (C=O) groups is 1. The van der Waals surface area contributed by atoms with Gasteiger partial charge in [0.2, 0.25) is 5.82 Å². The van der Waals surface area contributed by atoms with E-state index in [1.165, 1.54) is 17.0 Å². The highest BCUT2D eigenvalue weighted by Crippen LogP contribution is 2.40. The Labute approximate surface area is 169 Å². The summed E-state index contributed by atoms with van der Waals surface area (Å²) in [5, 5.41) is 22.3. The molecule has 0 aliphatic carbocycles. The van der Waals surface area contributed by atoms with Crippen LogP contribution in [-0.4, -0.2) is 61.4 Å². The molecule has 2 aliphatic rings. The lowest BCUT2D eigenvalue weighted by Gasteiger charge is -2.35. The number of aliphatic carboxylic acids is 1. The van der Waals surface area contributed by atoms with E-state index in [-0.39, 0.29) is 6.54 Å². The first kappa shape index (κ1) is 17.4. The summed E-state index contributed by atoms with van der Waals surface area (Å²) in [6.45, 7) is 1.53. The SMILES string of the molecule is O=C(O)Cn1nnc(-c2cnc(N3C[C@@H]4C[C@H]3CN4c3cccc(Cl)c3)s2)n1. The van der Waals surface area contributed by atoms with Crippen molar-refractivity contribution in [3.8, 4) is 10.7 Å². The smallest absolute Gasteiger partial charge is 0.327 e. The Hall–Kier alpha value is -2.72. The second-order valence-electron chi connectivity index (χ2n) is 6.87. The lowest BCUT2D eigenvalue weighted by atomic mass is 10.2. The number of tetrazole rings is 1. The maximum absolute atomic E-state index is 10.8. The third-order valence-corrected chi connectivity index (χ3v) is 6.34. The number of hydrogen-bond acceptors (Lipinski definition) is 8. The Balaban J connectivity index is 1.30. The van der Waals surface area contributed by atoms with Gasteiger partial charge in [0.15, 0.2) is 11.7 Å². The molecule has 4 heterocycles. The van der Waals surface area contributed by atoms with Crippen molar-refractivity contribution >= 4 is 39.7 Å². The van der Waals surface area contributed by atoms with Gasteiger partial charge in [-0.1, -0.05) is 29.0 Å². The molecule has 11 heteroatoms. The largest absolute Gasteiger partial charge is 0.480 e. The molecule has 1 N–H and O–H groups in total. The van der Waals surface area contributed by atoms with E-state index in [9.17, 15) is 4.79 Å². The Morgan fingerprint density at radius 1 is 1.29 bits per heavy atom. The standard InChI is InChI=1S/C17H16ClN7O2S/c18-10-2-1-3-11(4-10)23-7-13-5-12(23)8-24(13)17-19-6-14(28-17)16-20-22-25(21-16)9-15(26)27/h1-4,6,12-13H,5,7-9H2,(H,26,27)/t12-,13-/m0/s1. The Bertz CT molecular complexity index is 1040. The fraction of sp³-hybridized carbons (Fsp3) is 0.353. The van der Waals surface area contributed by atoms with Crippen LogP contribution in [0.15, 0.2) is 30.5 Å². The number of piperazine rings is 1. The quantitative estimate of drug-likeness (QED) is 0.672. The number of fused-ring (bicyclic) bond motifs is 2. The van der Waals surface area contributed by atoms with E-state index in [1.807, 2.05) is 18.2 Å². The first-order valence-corrected chi connectivity index (χ1v) is 10.0. The number of nitrogens with zero attached hydrogens (tertiary/aromatic N) is 7. The van der Waals surface area contributed by atoms with Gasteiger partial charge in [-0.3, -0.25) is 4.79 Å². The molecule has 2 saturated heterocycles. The third kappa shape index (κ3) is 3.08. The van der Waals surface area contributed by atoms with Crippen LogP contribution in [0.3, 0.4) is 0 Å². The fourth-order valence-electron chi connectivity index (χ4n) is 3.90. The van der Waals surface area contributed by atoms with Crippen molar-refractivity contribution in [2.45, 2.75) is 25.0 Å². The van der Waals surface area contributed by atoms with Gasteiger partial charge in [0.25, 0.3) is 0 Å². The van der Waals surface area contributed by atoms with E-state index in [1.54, 1.807) is 6.20 Å². The summed E-state index contributed by atoms with van der Waals surface area (Å²) in [5.74, 6) is -0.610. The van der Waals surface area contributed by atoms with Crippen molar-refractivity contribution in [2.75, 3.05) is 22.9 Å². The molecule has 2 atom stereocenters. The molecule has 144 valence electrons. The van der Waals surface area contributed by atoms with Gasteiger partial charge in [-0.05, 0) is 29.8 Å². The van der Waals surface area contributed by atoms with Crippen LogP contribution in [0.2, 0.25) is 5.02 Å². The highest BCUT2D eigenvalue weighted by Gasteiger charge is 2.44. The predicted octanol–water partition coefficient (Wildman–Crippen LogP) is 2.00. The second-order valence-corrected chi connectivity index (χ2v) is 8.32. The summed E-state index contributed by atoms with van der Waals surface area (Å²) in [5.41, 5.74) is 1.17. The lowest BCUT2D eigenvalue weighted by Crippen LogP contribution is -2.46. The molecule has 2 fully saturated rings. The molecule has 2 bridgehead atoms. The molecule has 9 nitrogen and oxygen atoms in total. The molecule has 5 rings (SSSR count). The molecule has 0 amide bonds. The fourth-order valence-corrected chi connectivity index (χ4v) is 5.01. The Morgan fingerprint density at radius 2 is 2.11 bits per heavy atom. The van der Waals surface area contributed by atoms with Gasteiger partial charge in [-0.2, -0.15) is 4.80 Å². The van der Waals surface area contributed by atoms with Crippen molar-refractivity contribution in [3.63, 3.8) is 0 Å². The van der Waals surface area contributed by atoms with Crippen molar-refractivity contribution in [2.24, 2.45) is 0 Å². The molecule has 2 aliphatic heterocycles. The summed E-state index contributed by atoms with van der Waals surface area (Å²) in [6.07, 6.45) is 2.82. The molecule has 0 saturated carbocycles. The maximum Gasteiger partial charge on any atom is 0.327 e. The van der Waals surface area contributed by atoms with E-state index in [4.69, 9.17) is 16.7 Å². The average molecular weight is 418 g/mol. The predicted molar refractivity (Wildman–Crippen MR) is 105 cm³/mol. The zero-order chi connectivity index (χ0) is 19.3. The molecular weight excluding hydrogens is 402 g/mol. The Morgan fingerprint density at radius 3 is 2.86 bits per heavy atom. The lowest BCUT2D eigenvalue weighted by molar-refractivity contribution is -0.138. The van der Waals surface area contributed by atoms with E-state index in [0.717, 1.165) is 39.3 Å². The molecule has 0 spiro atoms. The minimum Gasteiger partial charge on any atom is -0.480 e. The zero-order valence-corrected chi connectivity index (χ0v) is 16.2. The first-order chi connectivity index (χ1) is 13.6. The van der Waals surface area contributed by atoms with Crippen LogP contribution >= 0.6 is 22.9 Å². The van der Waals surface area contributed by atoms with Crippen LogP contribution < -0.4 is 9.80 Å². The number of anilines is 2. The summed E-state index contributed by atoms with van der Waals surface area (Å²) >= 11 is 7.65. The van der Waals surface area contributed by atoms with E-state index < -0.39 is 5.97 Å². The number of carboxylic acids is 1. The van der Waals surface area contributed by atoms with Crippen molar-refractivity contribution in [3.05, 3.63) is 35.5 Å². The number of benzene rings is 1. The molecule has 0 radical (unpaired) electrons. The van der Waals surface area contributed by atoms with Crippen LogP contribution in [0.1, 0.15) is 6.42 Å². The number of thiazole rings is 1. The van der Waals surface area contributed by atoms with Crippen LogP contribution in [0.4, 0.5) is 10.8 Å². The number of aromatic nitrogens is 5. The molecule has 3 aromatic rings. The van der Waals surface area contributed by atoms with E-state index in [2.05, 4.69) is 36.3 Å². The number of hydrogen-bond donors (Lipinski definition) is 1.